The molecule has 0 bridgehead atoms. The third-order valence-corrected chi connectivity index (χ3v) is 4.54. The Hall–Kier alpha value is -1.62. The van der Waals surface area contributed by atoms with Crippen LogP contribution in [0.25, 0.3) is 5.57 Å². The normalized spacial score (nSPS) is 19.4. The fourth-order valence-electron chi connectivity index (χ4n) is 2.55. The van der Waals surface area contributed by atoms with Gasteiger partial charge in [0, 0.05) is 11.0 Å². The molecule has 1 aromatic carbocycles. The molecule has 1 aromatic rings. The van der Waals surface area contributed by atoms with Gasteiger partial charge in [-0.15, -0.1) is 0 Å². The molecule has 0 N–H and O–H groups in total. The number of hydrogen-bond acceptors (Lipinski definition) is 3. The molecule has 1 heterocycles. The maximum absolute atomic E-state index is 12.1. The highest BCUT2D eigenvalue weighted by atomic mass is 32.2. The molecule has 0 radical (unpaired) electrons. The fourth-order valence-corrected chi connectivity index (χ4v) is 3.85. The molecular formula is C14H17NO3S. The van der Waals surface area contributed by atoms with Gasteiger partial charge >= 0.3 is 0 Å². The van der Waals surface area contributed by atoms with Crippen LogP contribution < -0.4 is 4.31 Å². The van der Waals surface area contributed by atoms with Crippen LogP contribution in [0.15, 0.2) is 30.8 Å². The zero-order valence-electron chi connectivity index (χ0n) is 11.3. The smallest absolute Gasteiger partial charge is 0.232 e. The molecule has 102 valence electrons. The van der Waals surface area contributed by atoms with Gasteiger partial charge in [-0.1, -0.05) is 38.6 Å². The van der Waals surface area contributed by atoms with Crippen molar-refractivity contribution in [2.45, 2.75) is 19.9 Å². The van der Waals surface area contributed by atoms with E-state index in [0.717, 1.165) is 18.1 Å². The fraction of sp³-hybridized carbons (Fsp3) is 0.357. The average Bonchev–Trinajstić information content (AvgIpc) is 2.64. The number of fused-ring (bicyclic) bond motifs is 1. The molecule has 0 aromatic heterocycles. The number of carbonyl (C=O) groups is 1. The van der Waals surface area contributed by atoms with E-state index < -0.39 is 21.5 Å². The third-order valence-electron chi connectivity index (χ3n) is 3.42. The zero-order chi connectivity index (χ0) is 14.4. The monoisotopic (exact) mass is 279 g/mol. The van der Waals surface area contributed by atoms with Crippen LogP contribution >= 0.6 is 0 Å². The highest BCUT2D eigenvalue weighted by molar-refractivity contribution is 7.92. The SMILES string of the molecule is C=C1c2ccccc2N(S(C)(=O)=O)C1C(C)(C)C=O. The number of sulfonamides is 1. The predicted molar refractivity (Wildman–Crippen MR) is 76.4 cm³/mol. The molecule has 0 spiro atoms. The molecule has 0 saturated carbocycles. The van der Waals surface area contributed by atoms with Gasteiger partial charge in [0.05, 0.1) is 18.0 Å². The number of hydrogen-bond donors (Lipinski definition) is 0. The van der Waals surface area contributed by atoms with Crippen molar-refractivity contribution < 1.29 is 13.2 Å². The van der Waals surface area contributed by atoms with Crippen molar-refractivity contribution in [3.63, 3.8) is 0 Å². The maximum Gasteiger partial charge on any atom is 0.232 e. The summed E-state index contributed by atoms with van der Waals surface area (Å²) in [6.07, 6.45) is 1.93. The second-order valence-electron chi connectivity index (χ2n) is 5.44. The molecular weight excluding hydrogens is 262 g/mol. The molecule has 4 nitrogen and oxygen atoms in total. The van der Waals surface area contributed by atoms with E-state index in [2.05, 4.69) is 6.58 Å². The zero-order valence-corrected chi connectivity index (χ0v) is 12.1. The van der Waals surface area contributed by atoms with Gasteiger partial charge in [0.1, 0.15) is 6.29 Å². The molecule has 2 rings (SSSR count). The van der Waals surface area contributed by atoms with Crippen molar-refractivity contribution >= 4 is 27.6 Å². The summed E-state index contributed by atoms with van der Waals surface area (Å²) < 4.78 is 25.5. The Kier molecular flexibility index (Phi) is 3.05. The third kappa shape index (κ3) is 2.08. The second-order valence-corrected chi connectivity index (χ2v) is 7.30. The van der Waals surface area contributed by atoms with Crippen molar-refractivity contribution in [1.29, 1.82) is 0 Å². The number of nitrogens with zero attached hydrogens (tertiary/aromatic N) is 1. The summed E-state index contributed by atoms with van der Waals surface area (Å²) in [6, 6.07) is 6.61. The van der Waals surface area contributed by atoms with E-state index in [1.165, 1.54) is 4.31 Å². The first kappa shape index (κ1) is 13.8. The minimum Gasteiger partial charge on any atom is -0.303 e. The number of carbonyl (C=O) groups excluding carboxylic acids is 1. The van der Waals surface area contributed by atoms with Crippen LogP contribution in [0, 0.1) is 5.41 Å². The molecule has 0 aliphatic carbocycles. The van der Waals surface area contributed by atoms with Gasteiger partial charge in [-0.05, 0) is 11.6 Å². The summed E-state index contributed by atoms with van der Waals surface area (Å²) in [5.41, 5.74) is 1.21. The highest BCUT2D eigenvalue weighted by Crippen LogP contribution is 2.46. The van der Waals surface area contributed by atoms with Gasteiger partial charge in [-0.25, -0.2) is 8.42 Å². The minimum atomic E-state index is -3.48. The van der Waals surface area contributed by atoms with Crippen molar-refractivity contribution in [3.05, 3.63) is 36.4 Å². The van der Waals surface area contributed by atoms with E-state index in [1.54, 1.807) is 26.0 Å². The summed E-state index contributed by atoms with van der Waals surface area (Å²) >= 11 is 0. The van der Waals surface area contributed by atoms with E-state index in [0.29, 0.717) is 11.3 Å². The van der Waals surface area contributed by atoms with Crippen LogP contribution in [0.2, 0.25) is 0 Å². The lowest BCUT2D eigenvalue weighted by Gasteiger charge is -2.34. The Balaban J connectivity index is 2.71. The van der Waals surface area contributed by atoms with Crippen LogP contribution in [0.4, 0.5) is 5.69 Å². The Labute approximate surface area is 113 Å². The number of rotatable bonds is 3. The Morgan fingerprint density at radius 2 is 1.89 bits per heavy atom. The first-order valence-electron chi connectivity index (χ1n) is 5.94. The maximum atomic E-state index is 12.1. The lowest BCUT2D eigenvalue weighted by Crippen LogP contribution is -2.46. The van der Waals surface area contributed by atoms with Gasteiger partial charge in [-0.3, -0.25) is 4.31 Å². The van der Waals surface area contributed by atoms with E-state index in [4.69, 9.17) is 0 Å². The molecule has 0 amide bonds. The van der Waals surface area contributed by atoms with Crippen LogP contribution in [-0.2, 0) is 14.8 Å². The van der Waals surface area contributed by atoms with Crippen molar-refractivity contribution in [2.24, 2.45) is 5.41 Å². The predicted octanol–water partition coefficient (Wildman–Crippen LogP) is 2.07. The lowest BCUT2D eigenvalue weighted by molar-refractivity contribution is -0.114. The summed E-state index contributed by atoms with van der Waals surface area (Å²) in [6.45, 7) is 7.43. The summed E-state index contributed by atoms with van der Waals surface area (Å²) in [5, 5.41) is 0. The Morgan fingerprint density at radius 3 is 2.42 bits per heavy atom. The highest BCUT2D eigenvalue weighted by Gasteiger charge is 2.46. The quantitative estimate of drug-likeness (QED) is 0.796. The molecule has 1 aliphatic rings. The molecule has 1 aliphatic heterocycles. The van der Waals surface area contributed by atoms with Crippen molar-refractivity contribution in [2.75, 3.05) is 10.6 Å². The minimum absolute atomic E-state index is 0.572. The van der Waals surface area contributed by atoms with Crippen molar-refractivity contribution in [3.8, 4) is 0 Å². The summed E-state index contributed by atoms with van der Waals surface area (Å²) in [7, 11) is -3.48. The molecule has 1 unspecified atom stereocenters. The number of aldehydes is 1. The summed E-state index contributed by atoms with van der Waals surface area (Å²) in [4.78, 5) is 11.3. The topological polar surface area (TPSA) is 54.5 Å². The van der Waals surface area contributed by atoms with E-state index in [1.807, 2.05) is 12.1 Å². The first-order chi connectivity index (χ1) is 8.70. The van der Waals surface area contributed by atoms with Crippen LogP contribution in [-0.4, -0.2) is 27.0 Å². The van der Waals surface area contributed by atoms with Crippen LogP contribution in [0.3, 0.4) is 0 Å². The molecule has 19 heavy (non-hydrogen) atoms. The Bertz CT molecular complexity index is 646. The van der Waals surface area contributed by atoms with E-state index in [9.17, 15) is 13.2 Å². The number of benzene rings is 1. The molecule has 1 atom stereocenters. The van der Waals surface area contributed by atoms with Crippen LogP contribution in [0.1, 0.15) is 19.4 Å². The molecule has 5 heteroatoms. The largest absolute Gasteiger partial charge is 0.303 e. The summed E-state index contributed by atoms with van der Waals surface area (Å²) in [5.74, 6) is 0. The Morgan fingerprint density at radius 1 is 1.32 bits per heavy atom. The van der Waals surface area contributed by atoms with E-state index >= 15 is 0 Å². The standard InChI is InChI=1S/C14H17NO3S/c1-10-11-7-5-6-8-12(11)15(19(4,17)18)13(10)14(2,3)9-16/h5-9,13H,1H2,2-4H3. The lowest BCUT2D eigenvalue weighted by atomic mass is 9.82. The number of anilines is 1. The van der Waals surface area contributed by atoms with E-state index in [-0.39, 0.29) is 0 Å². The van der Waals surface area contributed by atoms with Gasteiger partial charge in [0.15, 0.2) is 0 Å². The van der Waals surface area contributed by atoms with Gasteiger partial charge < -0.3 is 4.79 Å². The van der Waals surface area contributed by atoms with Crippen molar-refractivity contribution in [1.82, 2.24) is 0 Å². The van der Waals surface area contributed by atoms with Gasteiger partial charge in [0.25, 0.3) is 0 Å². The molecule has 0 saturated heterocycles. The van der Waals surface area contributed by atoms with Crippen LogP contribution in [0.5, 0.6) is 0 Å². The van der Waals surface area contributed by atoms with Gasteiger partial charge in [-0.2, -0.15) is 0 Å². The number of para-hydroxylation sites is 1. The first-order valence-corrected chi connectivity index (χ1v) is 7.79. The second kappa shape index (κ2) is 4.20. The molecule has 0 fully saturated rings. The average molecular weight is 279 g/mol. The van der Waals surface area contributed by atoms with Gasteiger partial charge in [0.2, 0.25) is 10.0 Å².